The second-order valence-corrected chi connectivity index (χ2v) is 24.4. The molecule has 0 unspecified atom stereocenters. The fraction of sp³-hybridized carbons (Fsp3) is 0.940. The number of allylic oxidation sites excluding steroid dienone is 1. The monoisotopic (exact) mass is 985 g/mol. The average Bonchev–Trinajstić information content (AvgIpc) is 3.57. The van der Waals surface area contributed by atoms with Crippen molar-refractivity contribution in [1.82, 2.24) is 0 Å². The molecule has 4 aliphatic heterocycles. The van der Waals surface area contributed by atoms with Crippen molar-refractivity contribution in [2.45, 2.75) is 217 Å². The molecular weight excluding hydrogens is 905 g/mol. The van der Waals surface area contributed by atoms with Crippen molar-refractivity contribution in [3.8, 4) is 0 Å². The van der Waals surface area contributed by atoms with Gasteiger partial charge in [0.1, 0.15) is 67.1 Å². The minimum absolute atomic E-state index is 0.0136. The number of ether oxygens (including phenoxy) is 8. The van der Waals surface area contributed by atoms with Crippen LogP contribution in [0.25, 0.3) is 0 Å². The fourth-order valence-corrected chi connectivity index (χ4v) is 16.0. The van der Waals surface area contributed by atoms with Gasteiger partial charge in [-0.3, -0.25) is 4.79 Å². The Balaban J connectivity index is 0.982. The normalized spacial score (nSPS) is 56.6. The highest BCUT2D eigenvalue weighted by Gasteiger charge is 2.79. The average molecular weight is 985 g/mol. The van der Waals surface area contributed by atoms with Crippen LogP contribution in [0.4, 0.5) is 0 Å². The van der Waals surface area contributed by atoms with Crippen molar-refractivity contribution in [3.63, 3.8) is 0 Å². The van der Waals surface area contributed by atoms with Crippen LogP contribution in [0.5, 0.6) is 0 Å². The molecule has 394 valence electrons. The molecule has 2 bridgehead atoms. The van der Waals surface area contributed by atoms with Gasteiger partial charge in [0.15, 0.2) is 18.9 Å². The first-order valence-corrected chi connectivity index (χ1v) is 25.3. The van der Waals surface area contributed by atoms with Crippen molar-refractivity contribution >= 4 is 5.97 Å². The molecule has 69 heavy (non-hydrogen) atoms. The second kappa shape index (κ2) is 18.1. The molecule has 9 rings (SSSR count). The summed E-state index contributed by atoms with van der Waals surface area (Å²) in [5, 5.41) is 109. The van der Waals surface area contributed by atoms with E-state index in [1.54, 1.807) is 6.92 Å². The highest BCUT2D eigenvalue weighted by Crippen LogP contribution is 2.79. The van der Waals surface area contributed by atoms with E-state index in [1.807, 2.05) is 0 Å². The van der Waals surface area contributed by atoms with E-state index in [1.165, 1.54) is 6.92 Å². The summed E-state index contributed by atoms with van der Waals surface area (Å²) in [5.74, 6) is -0.269. The Bertz CT molecular complexity index is 1920. The summed E-state index contributed by atoms with van der Waals surface area (Å²) in [5.41, 5.74) is -2.47. The van der Waals surface area contributed by atoms with Crippen molar-refractivity contribution in [2.24, 2.45) is 50.2 Å². The summed E-state index contributed by atoms with van der Waals surface area (Å²) in [6, 6.07) is 0. The van der Waals surface area contributed by atoms with Crippen molar-refractivity contribution in [3.05, 3.63) is 12.2 Å². The first-order valence-electron chi connectivity index (χ1n) is 25.3. The van der Waals surface area contributed by atoms with E-state index in [-0.39, 0.29) is 51.4 Å². The minimum Gasteiger partial charge on any atom is -0.465 e. The molecule has 10 N–H and O–H groups in total. The lowest BCUT2D eigenvalue weighted by Gasteiger charge is -2.73. The van der Waals surface area contributed by atoms with Crippen LogP contribution < -0.4 is 0 Å². The summed E-state index contributed by atoms with van der Waals surface area (Å²) in [6.45, 7) is 15.8. The largest absolute Gasteiger partial charge is 0.465 e. The zero-order chi connectivity index (χ0) is 50.2. The van der Waals surface area contributed by atoms with E-state index < -0.39 is 135 Å². The van der Waals surface area contributed by atoms with E-state index in [0.717, 1.165) is 32.1 Å². The van der Waals surface area contributed by atoms with Crippen molar-refractivity contribution in [1.29, 1.82) is 0 Å². The lowest BCUT2D eigenvalue weighted by Crippen LogP contribution is -2.72. The van der Waals surface area contributed by atoms with Gasteiger partial charge in [-0.2, -0.15) is 0 Å². The second-order valence-electron chi connectivity index (χ2n) is 24.4. The predicted octanol–water partition coefficient (Wildman–Crippen LogP) is 0.172. The third kappa shape index (κ3) is 7.79. The van der Waals surface area contributed by atoms with Gasteiger partial charge in [0.25, 0.3) is 0 Å². The number of aliphatic hydroxyl groups is 10. The van der Waals surface area contributed by atoms with Crippen molar-refractivity contribution in [2.75, 3.05) is 26.4 Å². The maximum Gasteiger partial charge on any atom is 0.302 e. The van der Waals surface area contributed by atoms with Gasteiger partial charge in [0.05, 0.1) is 50.3 Å². The highest BCUT2D eigenvalue weighted by atomic mass is 16.8. The summed E-state index contributed by atoms with van der Waals surface area (Å²) in [6.07, 6.45) is -14.6. The molecule has 8 fully saturated rings. The van der Waals surface area contributed by atoms with Gasteiger partial charge in [0.2, 0.25) is 0 Å². The number of hydrogen-bond donors (Lipinski definition) is 10. The maximum absolute atomic E-state index is 12.6. The van der Waals surface area contributed by atoms with Gasteiger partial charge in [0, 0.05) is 29.1 Å². The van der Waals surface area contributed by atoms with E-state index in [2.05, 4.69) is 53.7 Å². The Labute approximate surface area is 404 Å². The molecule has 4 saturated carbocycles. The van der Waals surface area contributed by atoms with Crippen molar-refractivity contribution < 1.29 is 93.8 Å². The number of esters is 1. The molecule has 26 atom stereocenters. The first-order chi connectivity index (χ1) is 32.3. The number of aliphatic hydroxyl groups excluding tert-OH is 10. The molecule has 0 aromatic carbocycles. The number of carbonyl (C=O) groups is 1. The van der Waals surface area contributed by atoms with Gasteiger partial charge in [-0.1, -0.05) is 53.7 Å². The smallest absolute Gasteiger partial charge is 0.302 e. The molecule has 0 amide bonds. The van der Waals surface area contributed by atoms with Gasteiger partial charge in [-0.05, 0) is 86.4 Å². The van der Waals surface area contributed by atoms with Crippen LogP contribution in [0.2, 0.25) is 0 Å². The molecule has 4 heterocycles. The first kappa shape index (κ1) is 52.4. The van der Waals surface area contributed by atoms with Crippen LogP contribution in [-0.2, 0) is 42.7 Å². The molecule has 19 nitrogen and oxygen atoms in total. The van der Waals surface area contributed by atoms with E-state index >= 15 is 0 Å². The Morgan fingerprint density at radius 3 is 1.97 bits per heavy atom. The number of hydrogen-bond acceptors (Lipinski definition) is 19. The number of rotatable bonds is 10. The maximum atomic E-state index is 12.6. The molecular formula is C50H80O19. The van der Waals surface area contributed by atoms with E-state index in [9.17, 15) is 55.9 Å². The van der Waals surface area contributed by atoms with Crippen LogP contribution >= 0.6 is 0 Å². The lowest BCUT2D eigenvalue weighted by molar-refractivity contribution is -0.391. The quantitative estimate of drug-likeness (QED) is 0.0793. The molecule has 1 spiro atoms. The predicted molar refractivity (Wildman–Crippen MR) is 239 cm³/mol. The summed E-state index contributed by atoms with van der Waals surface area (Å²) < 4.78 is 49.5. The van der Waals surface area contributed by atoms with Gasteiger partial charge in [-0.15, -0.1) is 0 Å². The molecule has 9 aliphatic rings. The summed E-state index contributed by atoms with van der Waals surface area (Å²) in [7, 11) is 0. The van der Waals surface area contributed by atoms with Crippen LogP contribution in [0, 0.1) is 50.2 Å². The molecule has 0 aromatic rings. The lowest BCUT2D eigenvalue weighted by atomic mass is 9.32. The third-order valence-corrected chi connectivity index (χ3v) is 20.3. The zero-order valence-corrected chi connectivity index (χ0v) is 41.3. The van der Waals surface area contributed by atoms with E-state index in [4.69, 9.17) is 37.9 Å². The van der Waals surface area contributed by atoms with Crippen LogP contribution in [0.3, 0.4) is 0 Å². The Morgan fingerprint density at radius 2 is 1.30 bits per heavy atom. The number of fused-ring (bicyclic) bond motifs is 4. The third-order valence-electron chi connectivity index (χ3n) is 20.3. The fourth-order valence-electron chi connectivity index (χ4n) is 16.0. The highest BCUT2D eigenvalue weighted by molar-refractivity contribution is 5.66. The Morgan fingerprint density at radius 1 is 0.667 bits per heavy atom. The van der Waals surface area contributed by atoms with Gasteiger partial charge < -0.3 is 89.0 Å². The van der Waals surface area contributed by atoms with Gasteiger partial charge >= 0.3 is 5.97 Å². The number of carbonyl (C=O) groups excluding carboxylic acids is 1. The standard InChI is InChI=1S/C50H80O19/c1-23-32(55)39(68-43-40(36(59)34(57)26(20-52)66-43)69-41-37(60)35(58)33(56)25(19-51)65-41)38(61)42(64-23)67-31-11-12-45(5)27(46(31,6)21-62-24(2)53)9-13-47(7)28(45)10-14-50-29-17-44(3,4)15-16-49(29,22-63-50)30(54)18-48(47,50)8/h10,14,23,25-43,51-52,54-61H,9,11-13,15-22H2,1-8H3/t23-,25-,26-,27+,28+,29+,30-,31+,32-,33-,34-,35+,36+,37-,38-,39+,40-,41+,42+,43+,45-,46-,47+,48+,49-,50+/m0/s1. The van der Waals surface area contributed by atoms with Crippen LogP contribution in [0.1, 0.15) is 107 Å². The van der Waals surface area contributed by atoms with Crippen LogP contribution in [0.15, 0.2) is 12.2 Å². The SMILES string of the molecule is CC(=O)OC[C@@]1(C)[C@@H]2CC[C@]3(C)[C@H](C=C[C@@]45OC[C@]6(CCC(C)(C)C[C@H]64)[C@@H](O)C[C@]35C)[C@@]2(C)CC[C@H]1O[C@H]1O[C@@H](C)[C@H](O)[C@@H](O[C@H]2O[C@@H](CO)[C@H](O)[C@@H](O)[C@@H]2O[C@H]2O[C@@H](CO)[C@H](O)[C@@H](O)[C@@H]2O)[C@@H]1O. The topological polar surface area (TPSA) is 293 Å². The minimum atomic E-state index is -1.91. The molecule has 19 heteroatoms. The molecule has 0 aromatic heterocycles. The summed E-state index contributed by atoms with van der Waals surface area (Å²) >= 11 is 0. The van der Waals surface area contributed by atoms with E-state index in [0.29, 0.717) is 25.9 Å². The molecule has 0 radical (unpaired) electrons. The zero-order valence-electron chi connectivity index (χ0n) is 41.3. The van der Waals surface area contributed by atoms with Gasteiger partial charge in [-0.25, -0.2) is 0 Å². The molecule has 4 saturated heterocycles. The molecule has 5 aliphatic carbocycles. The summed E-state index contributed by atoms with van der Waals surface area (Å²) in [4.78, 5) is 12.6. The Hall–Kier alpha value is -1.47. The Kier molecular flexibility index (Phi) is 13.8. The van der Waals surface area contributed by atoms with Crippen LogP contribution in [-0.4, -0.2) is 193 Å².